The van der Waals surface area contributed by atoms with Crippen LogP contribution in [0.2, 0.25) is 0 Å². The van der Waals surface area contributed by atoms with Gasteiger partial charge in [0.25, 0.3) is 0 Å². The van der Waals surface area contributed by atoms with Gasteiger partial charge in [0, 0.05) is 0 Å². The molecule has 1 aromatic rings. The Labute approximate surface area is 107 Å². The van der Waals surface area contributed by atoms with E-state index < -0.39 is 13.8 Å². The predicted molar refractivity (Wildman–Crippen MR) is 73.4 cm³/mol. The molecule has 1 atom stereocenters. The second kappa shape index (κ2) is 6.28. The van der Waals surface area contributed by atoms with Crippen molar-refractivity contribution >= 4 is 23.3 Å². The van der Waals surface area contributed by atoms with E-state index in [0.717, 1.165) is 6.42 Å². The third kappa shape index (κ3) is 3.14. The molecule has 92 valence electrons. The molecule has 1 aliphatic heterocycles. The van der Waals surface area contributed by atoms with E-state index in [-0.39, 0.29) is 0 Å². The minimum atomic E-state index is -1.83. The van der Waals surface area contributed by atoms with Crippen molar-refractivity contribution < 1.29 is 3.83 Å². The van der Waals surface area contributed by atoms with Crippen LogP contribution in [0.1, 0.15) is 45.4 Å². The fourth-order valence-electron chi connectivity index (χ4n) is 2.27. The Morgan fingerprint density at radius 3 is 2.65 bits per heavy atom. The molecule has 0 saturated carbocycles. The fourth-order valence-corrected chi connectivity index (χ4v) is 5.06. The first-order valence-electron chi connectivity index (χ1n) is 6.53. The Morgan fingerprint density at radius 2 is 1.82 bits per heavy atom. The van der Waals surface area contributed by atoms with Gasteiger partial charge in [0.05, 0.1) is 0 Å². The van der Waals surface area contributed by atoms with Crippen molar-refractivity contribution in [3.05, 3.63) is 34.7 Å². The maximum atomic E-state index is 12.1. The molecule has 0 amide bonds. The summed E-state index contributed by atoms with van der Waals surface area (Å²) in [6.45, 7) is 2.23. The maximum absolute atomic E-state index is 12.1. The van der Waals surface area contributed by atoms with E-state index in [9.17, 15) is 3.83 Å². The van der Waals surface area contributed by atoms with Crippen LogP contribution >= 0.6 is 0 Å². The van der Waals surface area contributed by atoms with Crippen LogP contribution in [0.5, 0.6) is 0 Å². The first-order valence-corrected chi connectivity index (χ1v) is 9.08. The third-order valence-electron chi connectivity index (χ3n) is 3.25. The quantitative estimate of drug-likeness (QED) is 0.582. The molecule has 0 aromatic heterocycles. The van der Waals surface area contributed by atoms with E-state index in [0.29, 0.717) is 0 Å². The first-order chi connectivity index (χ1) is 8.33. The van der Waals surface area contributed by atoms with Crippen LogP contribution in [0.3, 0.4) is 0 Å². The summed E-state index contributed by atoms with van der Waals surface area (Å²) in [5.41, 5.74) is 0. The average molecular weight is 295 g/mol. The fraction of sp³-hybridized carbons (Fsp3) is 0.467. The number of rotatable bonds is 6. The molecule has 17 heavy (non-hydrogen) atoms. The number of hydrogen-bond donors (Lipinski definition) is 0. The van der Waals surface area contributed by atoms with E-state index in [4.69, 9.17) is 0 Å². The molecule has 1 heterocycles. The average Bonchev–Trinajstić information content (AvgIpc) is 2.65. The van der Waals surface area contributed by atoms with E-state index in [1.807, 2.05) is 17.1 Å². The van der Waals surface area contributed by atoms with Crippen molar-refractivity contribution in [2.24, 2.45) is 0 Å². The summed E-state index contributed by atoms with van der Waals surface area (Å²) >= 11 is -1.83. The van der Waals surface area contributed by atoms with Crippen LogP contribution in [0.4, 0.5) is 0 Å². The molecule has 1 nitrogen and oxygen atoms in total. The second-order valence-corrected chi connectivity index (χ2v) is 7.37. The molecule has 2 heteroatoms. The monoisotopic (exact) mass is 296 g/mol. The van der Waals surface area contributed by atoms with Gasteiger partial charge in [-0.15, -0.1) is 0 Å². The van der Waals surface area contributed by atoms with E-state index in [2.05, 4.69) is 19.1 Å². The summed E-state index contributed by atoms with van der Waals surface area (Å²) < 4.78 is 13.3. The molecule has 1 unspecified atom stereocenters. The standard InChI is InChI=1S/C15H20OSe/c1-2-3-4-5-6-11-15-14-10-8-7-9-13(14)12-17(15)16/h7-10,12H,2-6,11H2,1H3. The predicted octanol–water partition coefficient (Wildman–Crippen LogP) is 2.49. The summed E-state index contributed by atoms with van der Waals surface area (Å²) in [6.07, 6.45) is 7.43. The molecule has 0 aliphatic carbocycles. The van der Waals surface area contributed by atoms with Crippen LogP contribution in [0, 0.1) is 0 Å². The zero-order chi connectivity index (χ0) is 12.1. The zero-order valence-corrected chi connectivity index (χ0v) is 12.2. The molecule has 0 N–H and O–H groups in total. The SMILES string of the molecule is CCCCCCCC1=c2ccccc2=C[Se]1=O. The van der Waals surface area contributed by atoms with Crippen LogP contribution in [0.25, 0.3) is 9.45 Å². The van der Waals surface area contributed by atoms with Gasteiger partial charge in [-0.3, -0.25) is 0 Å². The van der Waals surface area contributed by atoms with Crippen LogP contribution in [-0.4, -0.2) is 13.8 Å². The van der Waals surface area contributed by atoms with Gasteiger partial charge >= 0.3 is 107 Å². The molecule has 0 fully saturated rings. The summed E-state index contributed by atoms with van der Waals surface area (Å²) in [6, 6.07) is 8.27. The van der Waals surface area contributed by atoms with Crippen LogP contribution in [-0.2, 0) is 3.83 Å². The normalized spacial score (nSPS) is 17.9. The Kier molecular flexibility index (Phi) is 4.70. The summed E-state index contributed by atoms with van der Waals surface area (Å²) in [5.74, 6) is 0. The van der Waals surface area contributed by atoms with Crippen molar-refractivity contribution in [3.63, 3.8) is 0 Å². The van der Waals surface area contributed by atoms with E-state index >= 15 is 0 Å². The van der Waals surface area contributed by atoms with Gasteiger partial charge in [-0.2, -0.15) is 0 Å². The molecular weight excluding hydrogens is 275 g/mol. The Morgan fingerprint density at radius 1 is 1.06 bits per heavy atom. The minimum absolute atomic E-state index is 1.03. The summed E-state index contributed by atoms with van der Waals surface area (Å²) in [5, 5.41) is 2.44. The molecule has 0 radical (unpaired) electrons. The van der Waals surface area contributed by atoms with Crippen molar-refractivity contribution in [1.29, 1.82) is 0 Å². The Balaban J connectivity index is 2.02. The van der Waals surface area contributed by atoms with Crippen molar-refractivity contribution in [3.8, 4) is 0 Å². The van der Waals surface area contributed by atoms with Crippen LogP contribution < -0.4 is 10.4 Å². The third-order valence-corrected chi connectivity index (χ3v) is 6.14. The van der Waals surface area contributed by atoms with E-state index in [1.165, 1.54) is 47.0 Å². The molecule has 1 aromatic carbocycles. The Hall–Kier alpha value is -0.721. The topological polar surface area (TPSA) is 17.1 Å². The number of fused-ring (bicyclic) bond motifs is 1. The zero-order valence-electron chi connectivity index (χ0n) is 10.4. The molecule has 2 rings (SSSR count). The van der Waals surface area contributed by atoms with Crippen LogP contribution in [0.15, 0.2) is 24.3 Å². The first kappa shape index (κ1) is 12.7. The van der Waals surface area contributed by atoms with E-state index in [1.54, 1.807) is 0 Å². The molecule has 0 spiro atoms. The van der Waals surface area contributed by atoms with Crippen molar-refractivity contribution in [2.45, 2.75) is 45.4 Å². The van der Waals surface area contributed by atoms with Gasteiger partial charge in [-0.05, 0) is 0 Å². The number of unbranched alkanes of at least 4 members (excludes halogenated alkanes) is 4. The Bertz CT molecular complexity index is 516. The molecule has 0 saturated heterocycles. The van der Waals surface area contributed by atoms with Gasteiger partial charge in [-0.25, -0.2) is 0 Å². The van der Waals surface area contributed by atoms with Crippen molar-refractivity contribution in [2.75, 3.05) is 0 Å². The molecule has 1 aliphatic rings. The van der Waals surface area contributed by atoms with Gasteiger partial charge in [0.15, 0.2) is 0 Å². The number of hydrogen-bond acceptors (Lipinski definition) is 1. The number of benzene rings is 1. The van der Waals surface area contributed by atoms with Gasteiger partial charge in [0.2, 0.25) is 0 Å². The molecule has 0 bridgehead atoms. The second-order valence-electron chi connectivity index (χ2n) is 4.59. The summed E-state index contributed by atoms with van der Waals surface area (Å²) in [7, 11) is 0. The molecular formula is C15H20OSe. The summed E-state index contributed by atoms with van der Waals surface area (Å²) in [4.78, 5) is 1.98. The van der Waals surface area contributed by atoms with Gasteiger partial charge in [0.1, 0.15) is 0 Å². The van der Waals surface area contributed by atoms with Gasteiger partial charge in [-0.1, -0.05) is 0 Å². The van der Waals surface area contributed by atoms with Crippen molar-refractivity contribution in [1.82, 2.24) is 0 Å². The van der Waals surface area contributed by atoms with Gasteiger partial charge < -0.3 is 0 Å².